The van der Waals surface area contributed by atoms with Crippen molar-refractivity contribution in [3.8, 4) is 0 Å². The fraction of sp³-hybridized carbons (Fsp3) is 0.348. The Morgan fingerprint density at radius 2 is 1.84 bits per heavy atom. The van der Waals surface area contributed by atoms with Crippen molar-refractivity contribution in [2.45, 2.75) is 37.1 Å². The molecule has 0 aromatic heterocycles. The normalized spacial score (nSPS) is 22.7. The summed E-state index contributed by atoms with van der Waals surface area (Å²) in [5.74, 6) is -4.11. The third-order valence-electron chi connectivity index (χ3n) is 6.26. The number of nitrogens with zero attached hydrogens (tertiary/aromatic N) is 2. The van der Waals surface area contributed by atoms with Crippen molar-refractivity contribution in [1.82, 2.24) is 0 Å². The van der Waals surface area contributed by atoms with Gasteiger partial charge in [-0.2, -0.15) is 0 Å². The smallest absolute Gasteiger partial charge is 0.315 e. The minimum atomic E-state index is -1.12. The summed E-state index contributed by atoms with van der Waals surface area (Å²) < 4.78 is 43.7. The predicted octanol–water partition coefficient (Wildman–Crippen LogP) is 4.35. The lowest BCUT2D eigenvalue weighted by molar-refractivity contribution is -0.137. The van der Waals surface area contributed by atoms with Crippen LogP contribution in [0.15, 0.2) is 36.5 Å². The number of carbonyl (C=O) groups is 1. The number of aliphatic carboxylic acids is 1. The summed E-state index contributed by atoms with van der Waals surface area (Å²) in [4.78, 5) is 15.3. The van der Waals surface area contributed by atoms with Gasteiger partial charge < -0.3 is 20.6 Å². The summed E-state index contributed by atoms with van der Waals surface area (Å²) in [7, 11) is 0. The third-order valence-corrected chi connectivity index (χ3v) is 6.26. The van der Waals surface area contributed by atoms with Gasteiger partial charge in [-0.1, -0.05) is 0 Å². The summed E-state index contributed by atoms with van der Waals surface area (Å²) in [5.41, 5.74) is 7.98. The van der Waals surface area contributed by atoms with Crippen LogP contribution in [0.1, 0.15) is 42.2 Å². The molecule has 5 rings (SSSR count). The van der Waals surface area contributed by atoms with E-state index < -0.39 is 29.3 Å². The van der Waals surface area contributed by atoms with Crippen LogP contribution in [-0.4, -0.2) is 30.2 Å². The number of hydrogen-bond acceptors (Lipinski definition) is 4. The molecule has 8 heteroatoms. The molecule has 0 amide bonds. The van der Waals surface area contributed by atoms with Gasteiger partial charge in [0.25, 0.3) is 0 Å². The molecule has 1 saturated heterocycles. The molecule has 3 N–H and O–H groups in total. The minimum absolute atomic E-state index is 0.0447. The van der Waals surface area contributed by atoms with Crippen molar-refractivity contribution in [1.29, 1.82) is 0 Å². The number of rotatable bonds is 4. The molecule has 5 nitrogen and oxygen atoms in total. The van der Waals surface area contributed by atoms with Crippen LogP contribution in [0.5, 0.6) is 0 Å². The van der Waals surface area contributed by atoms with Crippen LogP contribution < -0.4 is 15.5 Å². The number of hydrogen-bond donors (Lipinski definition) is 2. The van der Waals surface area contributed by atoms with E-state index >= 15 is 4.39 Å². The van der Waals surface area contributed by atoms with Crippen molar-refractivity contribution in [2.24, 2.45) is 5.73 Å². The number of fused-ring (bicyclic) bond motifs is 1. The van der Waals surface area contributed by atoms with Gasteiger partial charge in [-0.15, -0.1) is 0 Å². The molecule has 2 atom stereocenters. The van der Waals surface area contributed by atoms with Crippen LogP contribution >= 0.6 is 0 Å². The Bertz CT molecular complexity index is 1100. The molecule has 2 heterocycles. The summed E-state index contributed by atoms with van der Waals surface area (Å²) in [6, 6.07) is 4.42. The predicted molar refractivity (Wildman–Crippen MR) is 111 cm³/mol. The maximum absolute atomic E-state index is 15.5. The van der Waals surface area contributed by atoms with Crippen LogP contribution in [0, 0.1) is 17.5 Å². The zero-order valence-corrected chi connectivity index (χ0v) is 16.7. The number of nitrogens with two attached hydrogens (primary N) is 1. The van der Waals surface area contributed by atoms with Crippen molar-refractivity contribution in [2.75, 3.05) is 22.9 Å². The van der Waals surface area contributed by atoms with Gasteiger partial charge in [0.1, 0.15) is 23.4 Å². The molecule has 2 unspecified atom stereocenters. The first kappa shape index (κ1) is 19.9. The van der Waals surface area contributed by atoms with Crippen LogP contribution in [0.4, 0.5) is 30.2 Å². The Morgan fingerprint density at radius 3 is 2.45 bits per heavy atom. The van der Waals surface area contributed by atoms with E-state index in [1.165, 1.54) is 29.3 Å². The summed E-state index contributed by atoms with van der Waals surface area (Å²) in [6.07, 6.45) is 5.29. The van der Waals surface area contributed by atoms with Crippen LogP contribution in [0.25, 0.3) is 0 Å². The second-order valence-corrected chi connectivity index (χ2v) is 8.45. The highest BCUT2D eigenvalue weighted by Crippen LogP contribution is 2.55. The van der Waals surface area contributed by atoms with Gasteiger partial charge >= 0.3 is 5.97 Å². The average Bonchev–Trinajstić information content (AvgIpc) is 3.47. The highest BCUT2D eigenvalue weighted by molar-refractivity contribution is 5.89. The molecule has 2 aliphatic heterocycles. The fourth-order valence-corrected chi connectivity index (χ4v) is 4.69. The largest absolute Gasteiger partial charge is 0.481 e. The lowest BCUT2D eigenvalue weighted by Crippen LogP contribution is -2.30. The van der Waals surface area contributed by atoms with E-state index in [1.54, 1.807) is 0 Å². The standard InChI is InChI=1S/C23H22F3N3O2/c24-13-3-4-19(17(25)9-13)29-8-6-15(23(30)31)16-10-18(26)22(28-7-5-14(27)11-28)20(21(16)29)12-1-2-12/h3-4,6,8-10,12,14-15H,1-2,5,7,11,27H2,(H,30,31). The van der Waals surface area contributed by atoms with Gasteiger partial charge in [0, 0.05) is 37.0 Å². The maximum Gasteiger partial charge on any atom is 0.315 e. The molecule has 1 aliphatic carbocycles. The Balaban J connectivity index is 1.76. The monoisotopic (exact) mass is 429 g/mol. The van der Waals surface area contributed by atoms with E-state index in [-0.39, 0.29) is 23.2 Å². The molecule has 0 radical (unpaired) electrons. The van der Waals surface area contributed by atoms with Crippen molar-refractivity contribution in [3.63, 3.8) is 0 Å². The van der Waals surface area contributed by atoms with E-state index in [0.29, 0.717) is 30.0 Å². The zero-order valence-electron chi connectivity index (χ0n) is 16.7. The van der Waals surface area contributed by atoms with Crippen LogP contribution in [0.2, 0.25) is 0 Å². The SMILES string of the molecule is NC1CCN(c2c(F)cc3c(c2C2CC2)N(c2ccc(F)cc2F)C=CC3C(=O)O)C1. The van der Waals surface area contributed by atoms with Crippen molar-refractivity contribution in [3.05, 3.63) is 65.1 Å². The zero-order chi connectivity index (χ0) is 21.9. The van der Waals surface area contributed by atoms with Gasteiger partial charge in [-0.05, 0) is 55.0 Å². The molecular formula is C23H22F3N3O2. The Kier molecular flexibility index (Phi) is 4.69. The van der Waals surface area contributed by atoms with E-state index in [0.717, 1.165) is 31.4 Å². The molecule has 0 bridgehead atoms. The van der Waals surface area contributed by atoms with Crippen molar-refractivity contribution < 1.29 is 23.1 Å². The molecule has 31 heavy (non-hydrogen) atoms. The van der Waals surface area contributed by atoms with Gasteiger partial charge in [-0.25, -0.2) is 13.2 Å². The van der Waals surface area contributed by atoms with E-state index in [4.69, 9.17) is 5.73 Å². The Morgan fingerprint density at radius 1 is 1.06 bits per heavy atom. The van der Waals surface area contributed by atoms with Gasteiger partial charge in [0.15, 0.2) is 0 Å². The molecule has 0 spiro atoms. The molecule has 2 aromatic carbocycles. The quantitative estimate of drug-likeness (QED) is 0.756. The Hall–Kier alpha value is -3.00. The number of carboxylic acid groups (broad SMARTS) is 1. The first-order valence-corrected chi connectivity index (χ1v) is 10.4. The Labute approximate surface area is 177 Å². The molecule has 1 saturated carbocycles. The average molecular weight is 429 g/mol. The second kappa shape index (κ2) is 7.30. The number of anilines is 3. The molecule has 3 aliphatic rings. The fourth-order valence-electron chi connectivity index (χ4n) is 4.69. The first-order chi connectivity index (χ1) is 14.8. The molecular weight excluding hydrogens is 407 g/mol. The van der Waals surface area contributed by atoms with Crippen LogP contribution in [-0.2, 0) is 4.79 Å². The summed E-state index contributed by atoms with van der Waals surface area (Å²) in [5, 5.41) is 9.74. The summed E-state index contributed by atoms with van der Waals surface area (Å²) in [6.45, 7) is 1.10. The maximum atomic E-state index is 15.5. The van der Waals surface area contributed by atoms with E-state index in [2.05, 4.69) is 0 Å². The molecule has 2 aromatic rings. The number of carboxylic acids is 1. The van der Waals surface area contributed by atoms with E-state index in [9.17, 15) is 18.7 Å². The third kappa shape index (κ3) is 3.35. The van der Waals surface area contributed by atoms with Gasteiger partial charge in [0.05, 0.1) is 17.1 Å². The highest BCUT2D eigenvalue weighted by Gasteiger charge is 2.40. The number of halogens is 3. The number of benzene rings is 2. The molecule has 162 valence electrons. The summed E-state index contributed by atoms with van der Waals surface area (Å²) >= 11 is 0. The topological polar surface area (TPSA) is 69.8 Å². The van der Waals surface area contributed by atoms with Crippen molar-refractivity contribution >= 4 is 23.0 Å². The minimum Gasteiger partial charge on any atom is -0.481 e. The first-order valence-electron chi connectivity index (χ1n) is 10.4. The lowest BCUT2D eigenvalue weighted by Gasteiger charge is -2.35. The highest BCUT2D eigenvalue weighted by atomic mass is 19.1. The second-order valence-electron chi connectivity index (χ2n) is 8.45. The van der Waals surface area contributed by atoms with Crippen LogP contribution in [0.3, 0.4) is 0 Å². The van der Waals surface area contributed by atoms with E-state index in [1.807, 2.05) is 4.90 Å². The van der Waals surface area contributed by atoms with Gasteiger partial charge in [-0.3, -0.25) is 4.79 Å². The molecule has 2 fully saturated rings. The van der Waals surface area contributed by atoms with Gasteiger partial charge in [0.2, 0.25) is 0 Å². The lowest BCUT2D eigenvalue weighted by atomic mass is 9.88.